The Kier molecular flexibility index (Phi) is 4.43. The van der Waals surface area contributed by atoms with Gasteiger partial charge in [-0.3, -0.25) is 9.69 Å². The molecule has 7 nitrogen and oxygen atoms in total. The lowest BCUT2D eigenvalue weighted by atomic mass is 9.69. The van der Waals surface area contributed by atoms with Crippen molar-refractivity contribution in [1.82, 2.24) is 20.0 Å². The van der Waals surface area contributed by atoms with Gasteiger partial charge >= 0.3 is 12.1 Å². The van der Waals surface area contributed by atoms with Gasteiger partial charge in [-0.05, 0) is 48.0 Å². The lowest BCUT2D eigenvalue weighted by Crippen LogP contribution is -2.59. The highest BCUT2D eigenvalue weighted by Gasteiger charge is 2.62. The Morgan fingerprint density at radius 3 is 2.48 bits per heavy atom. The minimum absolute atomic E-state index is 0.0588. The minimum atomic E-state index is -0.555. The number of benzene rings is 1. The molecule has 2 aliphatic heterocycles. The normalized spacial score (nSPS) is 38.6. The monoisotopic (exact) mass is 450 g/mol. The molecule has 2 unspecified atom stereocenters. The van der Waals surface area contributed by atoms with Crippen molar-refractivity contribution in [3.8, 4) is 0 Å². The fraction of sp³-hybridized carbons (Fsp3) is 0.654. The number of fused-ring (bicyclic) bond motifs is 3. The molecule has 1 aromatic rings. The molecule has 0 spiro atoms. The second kappa shape index (κ2) is 6.97. The largest absolute Gasteiger partial charge is 0.335 e. The van der Waals surface area contributed by atoms with Gasteiger partial charge in [0.05, 0.1) is 6.54 Å². The molecule has 7 heteroatoms. The number of rotatable bonds is 3. The molecule has 6 rings (SSSR count). The van der Waals surface area contributed by atoms with E-state index in [4.69, 9.17) is 0 Å². The highest BCUT2D eigenvalue weighted by Crippen LogP contribution is 2.65. The molecule has 3 saturated carbocycles. The topological polar surface area (TPSA) is 73.0 Å². The van der Waals surface area contributed by atoms with E-state index in [2.05, 4.69) is 38.2 Å². The molecule has 176 valence electrons. The fourth-order valence-electron chi connectivity index (χ4n) is 7.29. The Labute approximate surface area is 195 Å². The third-order valence-corrected chi connectivity index (χ3v) is 10.0. The number of nitrogens with one attached hydrogen (secondary N) is 1. The average Bonchev–Trinajstić information content (AvgIpc) is 3.46. The first kappa shape index (κ1) is 21.0. The van der Waals surface area contributed by atoms with Crippen LogP contribution in [0.1, 0.15) is 57.9 Å². The van der Waals surface area contributed by atoms with Gasteiger partial charge in [-0.1, -0.05) is 51.1 Å². The number of nitrogens with zero attached hydrogens (tertiary/aromatic N) is 3. The first-order chi connectivity index (χ1) is 15.7. The van der Waals surface area contributed by atoms with Gasteiger partial charge in [-0.15, -0.1) is 0 Å². The Bertz CT molecular complexity index is 1010. The highest BCUT2D eigenvalue weighted by atomic mass is 16.2. The smallest absolute Gasteiger partial charge is 0.327 e. The molecule has 5 amide bonds. The van der Waals surface area contributed by atoms with E-state index in [0.717, 1.165) is 19.3 Å². The van der Waals surface area contributed by atoms with Crippen molar-refractivity contribution < 1.29 is 14.4 Å². The molecular weight excluding hydrogens is 416 g/mol. The van der Waals surface area contributed by atoms with Crippen molar-refractivity contribution in [2.24, 2.45) is 16.7 Å². The zero-order valence-electron chi connectivity index (χ0n) is 19.8. The Morgan fingerprint density at radius 2 is 1.82 bits per heavy atom. The first-order valence-electron chi connectivity index (χ1n) is 12.5. The van der Waals surface area contributed by atoms with Crippen LogP contribution in [0.3, 0.4) is 0 Å². The lowest BCUT2D eigenvalue weighted by Gasteiger charge is -2.41. The van der Waals surface area contributed by atoms with Crippen LogP contribution in [0.2, 0.25) is 0 Å². The summed E-state index contributed by atoms with van der Waals surface area (Å²) in [5, 5.41) is 3.32. The highest BCUT2D eigenvalue weighted by molar-refractivity contribution is 6.05. The molecule has 1 aromatic carbocycles. The number of piperazine rings is 1. The summed E-state index contributed by atoms with van der Waals surface area (Å²) in [6.45, 7) is 8.17. The van der Waals surface area contributed by atoms with E-state index in [1.54, 1.807) is 9.80 Å². The van der Waals surface area contributed by atoms with Crippen LogP contribution in [0.4, 0.5) is 9.59 Å². The van der Waals surface area contributed by atoms with Gasteiger partial charge in [0.2, 0.25) is 0 Å². The second-order valence-electron chi connectivity index (χ2n) is 11.6. The van der Waals surface area contributed by atoms with Crippen LogP contribution in [0.15, 0.2) is 30.3 Å². The number of urea groups is 2. The summed E-state index contributed by atoms with van der Waals surface area (Å²) in [7, 11) is 0. The SMILES string of the molecule is CC1(C)C2CCC1(C)[C@H](NC(=O)N1CCN3C(=O)N([C@H]4C[C@@H]4c4ccccc4)C(=O)[C@@H]3C1)C2. The van der Waals surface area contributed by atoms with Crippen LogP contribution in [0.5, 0.6) is 0 Å². The molecule has 0 aromatic heterocycles. The summed E-state index contributed by atoms with van der Waals surface area (Å²) in [5.41, 5.74) is 1.53. The zero-order valence-corrected chi connectivity index (χ0v) is 19.8. The molecule has 2 saturated heterocycles. The summed E-state index contributed by atoms with van der Waals surface area (Å²) in [6.07, 6.45) is 4.25. The molecule has 3 aliphatic carbocycles. The van der Waals surface area contributed by atoms with Crippen LogP contribution in [-0.4, -0.2) is 70.4 Å². The van der Waals surface area contributed by atoms with E-state index in [1.165, 1.54) is 16.9 Å². The predicted molar refractivity (Wildman–Crippen MR) is 123 cm³/mol. The van der Waals surface area contributed by atoms with Gasteiger partial charge in [0.15, 0.2) is 0 Å². The van der Waals surface area contributed by atoms with Crippen molar-refractivity contribution in [3.05, 3.63) is 35.9 Å². The van der Waals surface area contributed by atoms with Crippen LogP contribution in [-0.2, 0) is 4.79 Å². The van der Waals surface area contributed by atoms with Crippen molar-refractivity contribution in [1.29, 1.82) is 0 Å². The van der Waals surface area contributed by atoms with E-state index in [-0.39, 0.29) is 53.3 Å². The molecule has 2 heterocycles. The van der Waals surface area contributed by atoms with E-state index >= 15 is 0 Å². The van der Waals surface area contributed by atoms with Gasteiger partial charge in [-0.2, -0.15) is 0 Å². The van der Waals surface area contributed by atoms with Crippen molar-refractivity contribution in [2.45, 2.75) is 70.5 Å². The fourth-order valence-corrected chi connectivity index (χ4v) is 7.29. The first-order valence-corrected chi connectivity index (χ1v) is 12.5. The standard InChI is InChI=1S/C26H34N4O3/c1-25(2)17-9-10-26(25,3)21(13-17)27-23(32)28-11-12-29-20(15-28)22(31)30(24(29)33)19-14-18(19)16-7-5-4-6-8-16/h4-8,17-21H,9-15H2,1-3H3,(H,27,32)/t17?,18-,19+,20+,21-,26?/m1/s1. The van der Waals surface area contributed by atoms with Gasteiger partial charge in [0.25, 0.3) is 5.91 Å². The average molecular weight is 451 g/mol. The van der Waals surface area contributed by atoms with Crippen LogP contribution < -0.4 is 5.32 Å². The maximum absolute atomic E-state index is 13.3. The van der Waals surface area contributed by atoms with E-state index in [9.17, 15) is 14.4 Å². The van der Waals surface area contributed by atoms with Crippen LogP contribution in [0, 0.1) is 16.7 Å². The molecule has 1 N–H and O–H groups in total. The third-order valence-electron chi connectivity index (χ3n) is 10.0. The third kappa shape index (κ3) is 2.90. The number of carbonyl (C=O) groups is 3. The molecule has 33 heavy (non-hydrogen) atoms. The predicted octanol–water partition coefficient (Wildman–Crippen LogP) is 3.42. The molecule has 6 atom stereocenters. The van der Waals surface area contributed by atoms with E-state index < -0.39 is 6.04 Å². The summed E-state index contributed by atoms with van der Waals surface area (Å²) in [6, 6.07) is 9.38. The Balaban J connectivity index is 1.12. The van der Waals surface area contributed by atoms with Crippen molar-refractivity contribution in [3.63, 3.8) is 0 Å². The van der Waals surface area contributed by atoms with Crippen molar-refractivity contribution in [2.75, 3.05) is 19.6 Å². The maximum atomic E-state index is 13.3. The van der Waals surface area contributed by atoms with Gasteiger partial charge in [0, 0.05) is 31.1 Å². The molecule has 5 fully saturated rings. The van der Waals surface area contributed by atoms with Gasteiger partial charge in [-0.25, -0.2) is 9.59 Å². The molecule has 2 bridgehead atoms. The van der Waals surface area contributed by atoms with E-state index in [1.807, 2.05) is 18.2 Å². The minimum Gasteiger partial charge on any atom is -0.335 e. The van der Waals surface area contributed by atoms with Crippen LogP contribution >= 0.6 is 0 Å². The zero-order chi connectivity index (χ0) is 23.1. The summed E-state index contributed by atoms with van der Waals surface area (Å²) >= 11 is 0. The van der Waals surface area contributed by atoms with Crippen LogP contribution in [0.25, 0.3) is 0 Å². The van der Waals surface area contributed by atoms with Gasteiger partial charge < -0.3 is 15.1 Å². The Morgan fingerprint density at radius 1 is 1.06 bits per heavy atom. The number of amides is 5. The molecular formula is C26H34N4O3. The van der Waals surface area contributed by atoms with E-state index in [0.29, 0.717) is 19.0 Å². The molecule has 5 aliphatic rings. The summed E-state index contributed by atoms with van der Waals surface area (Å²) < 4.78 is 0. The Hall–Kier alpha value is -2.57. The second-order valence-corrected chi connectivity index (χ2v) is 11.6. The van der Waals surface area contributed by atoms with Crippen molar-refractivity contribution >= 4 is 18.0 Å². The number of hydrogen-bond donors (Lipinski definition) is 1. The quantitative estimate of drug-likeness (QED) is 0.718. The summed E-state index contributed by atoms with van der Waals surface area (Å²) in [4.78, 5) is 44.5. The van der Waals surface area contributed by atoms with Gasteiger partial charge in [0.1, 0.15) is 6.04 Å². The lowest BCUT2D eigenvalue weighted by molar-refractivity contribution is -0.129. The number of carbonyl (C=O) groups excluding carboxylic acids is 3. The molecule has 0 radical (unpaired) electrons. The number of hydrogen-bond acceptors (Lipinski definition) is 3. The summed E-state index contributed by atoms with van der Waals surface area (Å²) in [5.74, 6) is 0.735. The number of imide groups is 1. The maximum Gasteiger partial charge on any atom is 0.327 e.